The number of aromatic nitrogens is 4. The van der Waals surface area contributed by atoms with Gasteiger partial charge in [-0.2, -0.15) is 18.0 Å². The zero-order chi connectivity index (χ0) is 20.3. The molecule has 0 bridgehead atoms. The number of alkyl halides is 3. The normalized spacial score (nSPS) is 11.8. The van der Waals surface area contributed by atoms with Crippen molar-refractivity contribution in [3.8, 4) is 11.4 Å². The lowest BCUT2D eigenvalue weighted by Gasteiger charge is -2.09. The summed E-state index contributed by atoms with van der Waals surface area (Å²) in [5.74, 6) is 0.252. The number of hydrogen-bond donors (Lipinski definition) is 0. The number of Topliss-reactive ketones (excluding diaryl/α,β-unsaturated/α-hetero) is 1. The Bertz CT molecular complexity index is 962. The Kier molecular flexibility index (Phi) is 5.58. The lowest BCUT2D eigenvalue weighted by atomic mass is 9.98. The molecular weight excluding hydrogens is 369 g/mol. The fraction of sp³-hybridized carbons (Fsp3) is 0.300. The molecule has 0 aliphatic heterocycles. The van der Waals surface area contributed by atoms with Gasteiger partial charge in [0.05, 0.1) is 5.56 Å². The number of benzene rings is 2. The number of halogens is 3. The fourth-order valence-electron chi connectivity index (χ4n) is 2.66. The van der Waals surface area contributed by atoms with Crippen LogP contribution in [0.25, 0.3) is 11.4 Å². The van der Waals surface area contributed by atoms with Crippen molar-refractivity contribution in [3.63, 3.8) is 0 Å². The van der Waals surface area contributed by atoms with Gasteiger partial charge in [0.25, 0.3) is 0 Å². The number of rotatable bonds is 6. The SMILES string of the molecule is CC(C)C(=O)Cn1nnc(-c2ccccc2Cc2ccc(C(F)(F)F)cc2)n1. The van der Waals surface area contributed by atoms with E-state index in [1.807, 2.05) is 24.3 Å². The van der Waals surface area contributed by atoms with E-state index < -0.39 is 11.7 Å². The van der Waals surface area contributed by atoms with E-state index in [9.17, 15) is 18.0 Å². The first-order valence-corrected chi connectivity index (χ1v) is 8.79. The molecule has 1 aromatic heterocycles. The van der Waals surface area contributed by atoms with Gasteiger partial charge in [0.15, 0.2) is 5.78 Å². The third-order valence-corrected chi connectivity index (χ3v) is 4.33. The summed E-state index contributed by atoms with van der Waals surface area (Å²) in [6.45, 7) is 3.66. The molecule has 0 aliphatic carbocycles. The summed E-state index contributed by atoms with van der Waals surface area (Å²) < 4.78 is 38.2. The van der Waals surface area contributed by atoms with Crippen molar-refractivity contribution in [2.24, 2.45) is 5.92 Å². The number of nitrogens with zero attached hydrogens (tertiary/aromatic N) is 4. The topological polar surface area (TPSA) is 60.7 Å². The molecule has 0 spiro atoms. The average Bonchev–Trinajstić information content (AvgIpc) is 3.10. The van der Waals surface area contributed by atoms with Gasteiger partial charge in [-0.15, -0.1) is 10.2 Å². The van der Waals surface area contributed by atoms with E-state index in [1.54, 1.807) is 13.8 Å². The van der Waals surface area contributed by atoms with E-state index in [4.69, 9.17) is 0 Å². The quantitative estimate of drug-likeness (QED) is 0.636. The standard InChI is InChI=1S/C20H19F3N4O/c1-13(2)18(28)12-27-25-19(24-26-27)17-6-4-3-5-15(17)11-14-7-9-16(10-8-14)20(21,22)23/h3-10,13H,11-12H2,1-2H3. The summed E-state index contributed by atoms with van der Waals surface area (Å²) in [5.41, 5.74) is 1.65. The first kappa shape index (κ1) is 19.7. The van der Waals surface area contributed by atoms with Gasteiger partial charge in [0.1, 0.15) is 6.54 Å². The van der Waals surface area contributed by atoms with Crippen LogP contribution in [0.4, 0.5) is 13.2 Å². The highest BCUT2D eigenvalue weighted by molar-refractivity contribution is 5.79. The van der Waals surface area contributed by atoms with E-state index in [0.29, 0.717) is 12.2 Å². The largest absolute Gasteiger partial charge is 0.416 e. The predicted octanol–water partition coefficient (Wildman–Crippen LogP) is 4.17. The van der Waals surface area contributed by atoms with Crippen molar-refractivity contribution < 1.29 is 18.0 Å². The fourth-order valence-corrected chi connectivity index (χ4v) is 2.66. The summed E-state index contributed by atoms with van der Waals surface area (Å²) in [7, 11) is 0. The van der Waals surface area contributed by atoms with Crippen molar-refractivity contribution in [1.29, 1.82) is 0 Å². The van der Waals surface area contributed by atoms with Crippen LogP contribution >= 0.6 is 0 Å². The van der Waals surface area contributed by atoms with Crippen LogP contribution in [0.2, 0.25) is 0 Å². The van der Waals surface area contributed by atoms with E-state index in [2.05, 4.69) is 15.4 Å². The Balaban J connectivity index is 1.82. The van der Waals surface area contributed by atoms with E-state index >= 15 is 0 Å². The van der Waals surface area contributed by atoms with Crippen LogP contribution in [0.15, 0.2) is 48.5 Å². The Morgan fingerprint density at radius 3 is 2.39 bits per heavy atom. The number of carbonyl (C=O) groups excluding carboxylic acids is 1. The molecule has 28 heavy (non-hydrogen) atoms. The monoisotopic (exact) mass is 388 g/mol. The molecule has 8 heteroatoms. The Hall–Kier alpha value is -3.03. The smallest absolute Gasteiger partial charge is 0.297 e. The predicted molar refractivity (Wildman–Crippen MR) is 97.3 cm³/mol. The van der Waals surface area contributed by atoms with Crippen molar-refractivity contribution >= 4 is 5.78 Å². The number of tetrazole rings is 1. The van der Waals surface area contributed by atoms with Crippen LogP contribution in [0.1, 0.15) is 30.5 Å². The number of hydrogen-bond acceptors (Lipinski definition) is 4. The van der Waals surface area contributed by atoms with Gasteiger partial charge >= 0.3 is 6.18 Å². The maximum Gasteiger partial charge on any atom is 0.416 e. The first-order valence-electron chi connectivity index (χ1n) is 8.79. The van der Waals surface area contributed by atoms with Gasteiger partial charge in [-0.1, -0.05) is 50.2 Å². The Labute approximate surface area is 160 Å². The molecule has 0 fully saturated rings. The van der Waals surface area contributed by atoms with Crippen LogP contribution in [0.3, 0.4) is 0 Å². The van der Waals surface area contributed by atoms with Crippen LogP contribution in [0.5, 0.6) is 0 Å². The highest BCUT2D eigenvalue weighted by Gasteiger charge is 2.29. The molecule has 0 unspecified atom stereocenters. The van der Waals surface area contributed by atoms with Gasteiger partial charge in [-0.25, -0.2) is 0 Å². The first-order chi connectivity index (χ1) is 13.2. The van der Waals surface area contributed by atoms with Crippen LogP contribution < -0.4 is 0 Å². The average molecular weight is 388 g/mol. The summed E-state index contributed by atoms with van der Waals surface area (Å²) in [5, 5.41) is 12.2. The molecule has 3 aromatic rings. The summed E-state index contributed by atoms with van der Waals surface area (Å²) in [6.07, 6.45) is -3.93. The van der Waals surface area contributed by atoms with Crippen molar-refractivity contribution in [3.05, 3.63) is 65.2 Å². The summed E-state index contributed by atoms with van der Waals surface area (Å²) >= 11 is 0. The minimum atomic E-state index is -4.35. The summed E-state index contributed by atoms with van der Waals surface area (Å²) in [6, 6.07) is 12.4. The van der Waals surface area contributed by atoms with Crippen LogP contribution in [0, 0.1) is 5.92 Å². The molecule has 0 amide bonds. The van der Waals surface area contributed by atoms with Crippen molar-refractivity contribution in [1.82, 2.24) is 20.2 Å². The second-order valence-electron chi connectivity index (χ2n) is 6.79. The lowest BCUT2D eigenvalue weighted by molar-refractivity contribution is -0.137. The molecule has 0 saturated heterocycles. The third-order valence-electron chi connectivity index (χ3n) is 4.33. The third kappa shape index (κ3) is 4.62. The van der Waals surface area contributed by atoms with Crippen LogP contribution in [-0.2, 0) is 23.9 Å². The van der Waals surface area contributed by atoms with Gasteiger partial charge in [0.2, 0.25) is 5.82 Å². The van der Waals surface area contributed by atoms with E-state index in [0.717, 1.165) is 28.8 Å². The van der Waals surface area contributed by atoms with E-state index in [1.165, 1.54) is 16.9 Å². The number of carbonyl (C=O) groups is 1. The second-order valence-corrected chi connectivity index (χ2v) is 6.79. The van der Waals surface area contributed by atoms with Gasteiger partial charge < -0.3 is 0 Å². The van der Waals surface area contributed by atoms with E-state index in [-0.39, 0.29) is 18.2 Å². The van der Waals surface area contributed by atoms with Gasteiger partial charge in [0, 0.05) is 11.5 Å². The molecular formula is C20H19F3N4O. The minimum Gasteiger partial charge on any atom is -0.297 e. The zero-order valence-corrected chi connectivity index (χ0v) is 15.4. The second kappa shape index (κ2) is 7.92. The lowest BCUT2D eigenvalue weighted by Crippen LogP contribution is -2.17. The molecule has 3 rings (SSSR count). The molecule has 0 N–H and O–H groups in total. The van der Waals surface area contributed by atoms with Crippen molar-refractivity contribution in [2.75, 3.05) is 0 Å². The molecule has 1 heterocycles. The molecule has 0 atom stereocenters. The van der Waals surface area contributed by atoms with Crippen LogP contribution in [-0.4, -0.2) is 26.0 Å². The van der Waals surface area contributed by atoms with Gasteiger partial charge in [-0.3, -0.25) is 4.79 Å². The molecule has 2 aromatic carbocycles. The summed E-state index contributed by atoms with van der Waals surface area (Å²) in [4.78, 5) is 13.1. The molecule has 0 saturated carbocycles. The number of ketones is 1. The zero-order valence-electron chi connectivity index (χ0n) is 15.4. The molecule has 146 valence electrons. The molecule has 0 aliphatic rings. The maximum atomic E-state index is 12.7. The molecule has 5 nitrogen and oxygen atoms in total. The van der Waals surface area contributed by atoms with Crippen molar-refractivity contribution in [2.45, 2.75) is 33.0 Å². The highest BCUT2D eigenvalue weighted by atomic mass is 19.4. The highest BCUT2D eigenvalue weighted by Crippen LogP contribution is 2.30. The minimum absolute atomic E-state index is 0.00184. The Morgan fingerprint density at radius 1 is 1.07 bits per heavy atom. The Morgan fingerprint density at radius 2 is 1.75 bits per heavy atom. The van der Waals surface area contributed by atoms with Gasteiger partial charge in [-0.05, 0) is 34.9 Å². The maximum absolute atomic E-state index is 12.7. The molecule has 0 radical (unpaired) electrons.